The predicted octanol–water partition coefficient (Wildman–Crippen LogP) is -0.0227. The Morgan fingerprint density at radius 2 is 2.00 bits per heavy atom. The Labute approximate surface area is 89.7 Å². The highest BCUT2D eigenvalue weighted by Crippen LogP contribution is 2.20. The fraction of sp³-hybridized carbons (Fsp3) is 0.889. The summed E-state index contributed by atoms with van der Waals surface area (Å²) in [4.78, 5) is 13.1. The lowest BCUT2D eigenvalue weighted by molar-refractivity contribution is 0.194. The van der Waals surface area contributed by atoms with Crippen LogP contribution in [-0.2, 0) is 9.84 Å². The van der Waals surface area contributed by atoms with Crippen molar-refractivity contribution in [2.75, 3.05) is 18.6 Å². The van der Waals surface area contributed by atoms with Crippen molar-refractivity contribution in [2.24, 2.45) is 0 Å². The van der Waals surface area contributed by atoms with Crippen molar-refractivity contribution in [2.45, 2.75) is 31.3 Å². The number of urea groups is 1. The summed E-state index contributed by atoms with van der Waals surface area (Å²) in [6.07, 6.45) is 2.65. The Hall–Kier alpha value is -0.780. The van der Waals surface area contributed by atoms with Gasteiger partial charge < -0.3 is 10.2 Å². The first kappa shape index (κ1) is 10.7. The molecule has 86 valence electrons. The number of nitrogens with one attached hydrogen (secondary N) is 1. The number of nitrogens with zero attached hydrogens (tertiary/aromatic N) is 1. The summed E-state index contributed by atoms with van der Waals surface area (Å²) in [6, 6.07) is 0.0336. The van der Waals surface area contributed by atoms with Gasteiger partial charge in [-0.3, -0.25) is 0 Å². The lowest BCUT2D eigenvalue weighted by Crippen LogP contribution is -2.44. The van der Waals surface area contributed by atoms with E-state index in [-0.39, 0.29) is 23.6 Å². The molecular weight excluding hydrogens is 216 g/mol. The lowest BCUT2D eigenvalue weighted by atomic mass is 10.2. The van der Waals surface area contributed by atoms with Crippen molar-refractivity contribution in [1.29, 1.82) is 0 Å². The maximum Gasteiger partial charge on any atom is 0.317 e. The molecule has 5 nitrogen and oxygen atoms in total. The van der Waals surface area contributed by atoms with Crippen LogP contribution in [0.1, 0.15) is 19.3 Å². The molecule has 0 spiro atoms. The maximum absolute atomic E-state index is 11.6. The summed E-state index contributed by atoms with van der Waals surface area (Å²) in [5, 5.41) is 2.85. The second-order valence-electron chi connectivity index (χ2n) is 4.39. The number of carbonyl (C=O) groups is 1. The monoisotopic (exact) mass is 232 g/mol. The minimum Gasteiger partial charge on any atom is -0.335 e. The van der Waals surface area contributed by atoms with Crippen LogP contribution >= 0.6 is 0 Å². The van der Waals surface area contributed by atoms with Crippen molar-refractivity contribution in [3.05, 3.63) is 0 Å². The average molecular weight is 232 g/mol. The smallest absolute Gasteiger partial charge is 0.317 e. The predicted molar refractivity (Wildman–Crippen MR) is 56.4 cm³/mol. The van der Waals surface area contributed by atoms with E-state index in [9.17, 15) is 13.2 Å². The standard InChI is InChI=1S/C9H16N2O3S/c1-11(9(12)10-7-2-3-7)8-4-5-15(13,14)6-8/h7-8H,2-6H2,1H3,(H,10,12)/t8-/m0/s1. The summed E-state index contributed by atoms with van der Waals surface area (Å²) in [5.41, 5.74) is 0. The molecule has 6 heteroatoms. The molecule has 0 aromatic rings. The molecule has 2 rings (SSSR count). The fourth-order valence-corrected chi connectivity index (χ4v) is 3.53. The van der Waals surface area contributed by atoms with Gasteiger partial charge in [-0.25, -0.2) is 13.2 Å². The van der Waals surface area contributed by atoms with Crippen LogP contribution in [0.4, 0.5) is 4.79 Å². The summed E-state index contributed by atoms with van der Waals surface area (Å²) in [5.74, 6) is 0.320. The maximum atomic E-state index is 11.6. The molecule has 2 fully saturated rings. The Bertz CT molecular complexity index is 362. The van der Waals surface area contributed by atoms with E-state index < -0.39 is 9.84 Å². The number of amides is 2. The largest absolute Gasteiger partial charge is 0.335 e. The van der Waals surface area contributed by atoms with Crippen molar-refractivity contribution >= 4 is 15.9 Å². The van der Waals surface area contributed by atoms with Crippen LogP contribution in [-0.4, -0.2) is 50.0 Å². The van der Waals surface area contributed by atoms with E-state index in [4.69, 9.17) is 0 Å². The quantitative estimate of drug-likeness (QED) is 0.727. The lowest BCUT2D eigenvalue weighted by Gasteiger charge is -2.23. The van der Waals surface area contributed by atoms with Gasteiger partial charge in [0.05, 0.1) is 11.5 Å². The Kier molecular flexibility index (Phi) is 2.62. The van der Waals surface area contributed by atoms with Gasteiger partial charge in [-0.15, -0.1) is 0 Å². The highest BCUT2D eigenvalue weighted by Gasteiger charge is 2.34. The molecule has 0 aromatic heterocycles. The topological polar surface area (TPSA) is 66.5 Å². The SMILES string of the molecule is CN(C(=O)NC1CC1)[C@H]1CCS(=O)(=O)C1. The zero-order valence-electron chi connectivity index (χ0n) is 8.77. The zero-order chi connectivity index (χ0) is 11.1. The first-order chi connectivity index (χ1) is 6.98. The number of rotatable bonds is 2. The van der Waals surface area contributed by atoms with E-state index in [2.05, 4.69) is 5.32 Å². The molecule has 0 radical (unpaired) electrons. The molecule has 0 bridgehead atoms. The summed E-state index contributed by atoms with van der Waals surface area (Å²) in [7, 11) is -1.24. The molecular formula is C9H16N2O3S. The van der Waals surface area contributed by atoms with Gasteiger partial charge in [-0.05, 0) is 19.3 Å². The third kappa shape index (κ3) is 2.62. The highest BCUT2D eigenvalue weighted by atomic mass is 32.2. The van der Waals surface area contributed by atoms with Crippen LogP contribution in [0.25, 0.3) is 0 Å². The van der Waals surface area contributed by atoms with E-state index in [1.807, 2.05) is 0 Å². The van der Waals surface area contributed by atoms with Gasteiger partial charge in [0.1, 0.15) is 0 Å². The van der Waals surface area contributed by atoms with Gasteiger partial charge in [-0.2, -0.15) is 0 Å². The van der Waals surface area contributed by atoms with Crippen LogP contribution in [0, 0.1) is 0 Å². The van der Waals surface area contributed by atoms with Crippen LogP contribution in [0.15, 0.2) is 0 Å². The fourth-order valence-electron chi connectivity index (χ4n) is 1.75. The zero-order valence-corrected chi connectivity index (χ0v) is 9.59. The summed E-state index contributed by atoms with van der Waals surface area (Å²) >= 11 is 0. The van der Waals surface area contributed by atoms with Crippen molar-refractivity contribution < 1.29 is 13.2 Å². The Balaban J connectivity index is 1.90. The van der Waals surface area contributed by atoms with Crippen molar-refractivity contribution in [3.8, 4) is 0 Å². The summed E-state index contributed by atoms with van der Waals surface area (Å²) in [6.45, 7) is 0. The van der Waals surface area contributed by atoms with E-state index in [0.29, 0.717) is 12.5 Å². The molecule has 1 aliphatic heterocycles. The highest BCUT2D eigenvalue weighted by molar-refractivity contribution is 7.91. The Morgan fingerprint density at radius 3 is 2.47 bits per heavy atom. The molecule has 2 aliphatic rings. The first-order valence-electron chi connectivity index (χ1n) is 5.22. The molecule has 1 aliphatic carbocycles. The molecule has 15 heavy (non-hydrogen) atoms. The molecule has 2 amide bonds. The molecule has 0 aromatic carbocycles. The van der Waals surface area contributed by atoms with E-state index in [1.54, 1.807) is 7.05 Å². The van der Waals surface area contributed by atoms with Gasteiger partial charge >= 0.3 is 6.03 Å². The van der Waals surface area contributed by atoms with E-state index in [0.717, 1.165) is 12.8 Å². The normalized spacial score (nSPS) is 28.7. The average Bonchev–Trinajstić information content (AvgIpc) is 2.88. The van der Waals surface area contributed by atoms with Crippen LogP contribution < -0.4 is 5.32 Å². The first-order valence-corrected chi connectivity index (χ1v) is 7.04. The van der Waals surface area contributed by atoms with Crippen molar-refractivity contribution in [1.82, 2.24) is 10.2 Å². The van der Waals surface area contributed by atoms with Crippen LogP contribution in [0.3, 0.4) is 0 Å². The number of carbonyl (C=O) groups excluding carboxylic acids is 1. The van der Waals surface area contributed by atoms with Gasteiger partial charge in [0, 0.05) is 19.1 Å². The van der Waals surface area contributed by atoms with Crippen LogP contribution in [0.5, 0.6) is 0 Å². The van der Waals surface area contributed by atoms with E-state index >= 15 is 0 Å². The second-order valence-corrected chi connectivity index (χ2v) is 6.62. The third-order valence-corrected chi connectivity index (χ3v) is 4.73. The second kappa shape index (κ2) is 3.66. The van der Waals surface area contributed by atoms with Crippen LogP contribution in [0.2, 0.25) is 0 Å². The third-order valence-electron chi connectivity index (χ3n) is 2.98. The molecule has 1 saturated heterocycles. The number of hydrogen-bond donors (Lipinski definition) is 1. The number of sulfone groups is 1. The van der Waals surface area contributed by atoms with Gasteiger partial charge in [0.25, 0.3) is 0 Å². The molecule has 1 atom stereocenters. The van der Waals surface area contributed by atoms with Gasteiger partial charge in [-0.1, -0.05) is 0 Å². The number of hydrogen-bond acceptors (Lipinski definition) is 3. The van der Waals surface area contributed by atoms with Crippen molar-refractivity contribution in [3.63, 3.8) is 0 Å². The molecule has 0 unspecified atom stereocenters. The molecule has 1 heterocycles. The minimum absolute atomic E-state index is 0.113. The molecule has 1 N–H and O–H groups in total. The molecule has 1 saturated carbocycles. The van der Waals surface area contributed by atoms with E-state index in [1.165, 1.54) is 4.90 Å². The Morgan fingerprint density at radius 1 is 1.33 bits per heavy atom. The minimum atomic E-state index is -2.91. The van der Waals surface area contributed by atoms with Gasteiger partial charge in [0.15, 0.2) is 9.84 Å². The summed E-state index contributed by atoms with van der Waals surface area (Å²) < 4.78 is 22.5. The van der Waals surface area contributed by atoms with Gasteiger partial charge in [0.2, 0.25) is 0 Å².